The molecule has 2 saturated carbocycles. The van der Waals surface area contributed by atoms with Crippen molar-refractivity contribution in [1.29, 1.82) is 0 Å². The average Bonchev–Trinajstić information content (AvgIpc) is 3.68. The van der Waals surface area contributed by atoms with E-state index in [1.165, 1.54) is 24.3 Å². The third-order valence-corrected chi connectivity index (χ3v) is 8.85. The maximum atomic E-state index is 13.8. The van der Waals surface area contributed by atoms with E-state index in [-0.39, 0.29) is 39.4 Å². The number of aromatic carboxylic acids is 1. The van der Waals surface area contributed by atoms with Gasteiger partial charge < -0.3 is 14.5 Å². The van der Waals surface area contributed by atoms with Crippen molar-refractivity contribution < 1.29 is 40.8 Å². The fourth-order valence-corrected chi connectivity index (χ4v) is 6.62. The first-order valence-electron chi connectivity index (χ1n) is 14.2. The van der Waals surface area contributed by atoms with Crippen LogP contribution in [0, 0.1) is 11.3 Å². The van der Waals surface area contributed by atoms with Crippen LogP contribution in [0.5, 0.6) is 0 Å². The van der Waals surface area contributed by atoms with E-state index in [4.69, 9.17) is 4.52 Å². The lowest BCUT2D eigenvalue weighted by molar-refractivity contribution is -0.137. The van der Waals surface area contributed by atoms with Crippen molar-refractivity contribution in [2.75, 3.05) is 18.0 Å². The number of nitrogens with zero attached hydrogens (tertiary/aromatic N) is 3. The summed E-state index contributed by atoms with van der Waals surface area (Å²) in [4.78, 5) is 17.2. The van der Waals surface area contributed by atoms with Gasteiger partial charge in [-0.3, -0.25) is 0 Å². The molecule has 4 aromatic rings. The van der Waals surface area contributed by atoms with Crippen LogP contribution in [0.1, 0.15) is 64.5 Å². The fraction of sp³-hybridized carbons (Fsp3) is 0.344. The van der Waals surface area contributed by atoms with E-state index in [0.29, 0.717) is 36.2 Å². The number of benzene rings is 2. The van der Waals surface area contributed by atoms with Gasteiger partial charge in [-0.2, -0.15) is 26.3 Å². The maximum Gasteiger partial charge on any atom is 0.417 e. The molecule has 3 aliphatic rings. The number of hydrogen-bond acceptors (Lipinski definition) is 5. The van der Waals surface area contributed by atoms with Crippen LogP contribution in [0.2, 0.25) is 0 Å². The van der Waals surface area contributed by atoms with E-state index >= 15 is 0 Å². The Morgan fingerprint density at radius 2 is 1.68 bits per heavy atom. The summed E-state index contributed by atoms with van der Waals surface area (Å²) in [7, 11) is 0. The van der Waals surface area contributed by atoms with Gasteiger partial charge in [0.25, 0.3) is 0 Å². The minimum Gasteiger partial charge on any atom is -0.477 e. The van der Waals surface area contributed by atoms with E-state index in [0.717, 1.165) is 31.7 Å². The monoisotopic (exact) mass is 613 g/mol. The second kappa shape index (κ2) is 9.83. The molecule has 0 radical (unpaired) electrons. The zero-order valence-electron chi connectivity index (χ0n) is 23.0. The SMILES string of the molecule is O=C(O)c1cc(C(F)(F)F)c2cc(N3CC4(CC(/C=C/c5c(-c6ccccc6C(F)(F)F)noc5C5CC5)C4)C3)ccc2n1. The normalized spacial score (nSPS) is 18.6. The van der Waals surface area contributed by atoms with Gasteiger partial charge in [0.05, 0.1) is 16.6 Å². The van der Waals surface area contributed by atoms with E-state index in [2.05, 4.69) is 10.1 Å². The first-order valence-corrected chi connectivity index (χ1v) is 14.2. The highest BCUT2D eigenvalue weighted by atomic mass is 19.4. The number of carboxylic acid groups (broad SMARTS) is 1. The number of fused-ring (bicyclic) bond motifs is 1. The highest BCUT2D eigenvalue weighted by Crippen LogP contribution is 2.54. The molecule has 6 nitrogen and oxygen atoms in total. The third kappa shape index (κ3) is 4.99. The fourth-order valence-electron chi connectivity index (χ4n) is 6.62. The molecule has 0 atom stereocenters. The molecule has 2 aromatic carbocycles. The summed E-state index contributed by atoms with van der Waals surface area (Å²) in [6, 6.07) is 10.4. The van der Waals surface area contributed by atoms with E-state index < -0.39 is 35.1 Å². The van der Waals surface area contributed by atoms with E-state index in [1.807, 2.05) is 17.1 Å². The molecule has 3 fully saturated rings. The zero-order chi connectivity index (χ0) is 31.0. The molecule has 228 valence electrons. The van der Waals surface area contributed by atoms with Crippen LogP contribution in [0.15, 0.2) is 59.1 Å². The smallest absolute Gasteiger partial charge is 0.417 e. The molecule has 1 aliphatic heterocycles. The summed E-state index contributed by atoms with van der Waals surface area (Å²) in [5, 5.41) is 13.1. The molecular weight excluding hydrogens is 588 g/mol. The number of pyridine rings is 1. The van der Waals surface area contributed by atoms with Crippen LogP contribution in [-0.4, -0.2) is 34.3 Å². The summed E-state index contributed by atoms with van der Waals surface area (Å²) >= 11 is 0. The van der Waals surface area contributed by atoms with Crippen LogP contribution < -0.4 is 4.90 Å². The second-order valence-corrected chi connectivity index (χ2v) is 12.1. The Kier molecular flexibility index (Phi) is 6.35. The third-order valence-electron chi connectivity index (χ3n) is 8.85. The van der Waals surface area contributed by atoms with Gasteiger partial charge >= 0.3 is 18.3 Å². The topological polar surface area (TPSA) is 79.5 Å². The van der Waals surface area contributed by atoms with Crippen molar-refractivity contribution in [1.82, 2.24) is 10.1 Å². The Bertz CT molecular complexity index is 1810. The summed E-state index contributed by atoms with van der Waals surface area (Å²) in [6.45, 7) is 1.30. The molecule has 0 unspecified atom stereocenters. The number of carboxylic acids is 1. The Balaban J connectivity index is 1.07. The lowest BCUT2D eigenvalue weighted by atomic mass is 9.57. The van der Waals surface area contributed by atoms with Gasteiger partial charge in [0, 0.05) is 46.6 Å². The second-order valence-electron chi connectivity index (χ2n) is 12.1. The molecule has 44 heavy (non-hydrogen) atoms. The standard InChI is InChI=1S/C32H25F6N3O3/c33-31(34,35)23-4-2-1-3-20(23)27-21(28(44-40-27)18-6-7-18)9-5-17-13-30(14-17)15-41(16-30)19-8-10-25-22(11-19)24(32(36,37)38)12-26(39-25)29(42)43/h1-5,8-12,17-18H,6-7,13-16H2,(H,42,43)/b9-5+. The van der Waals surface area contributed by atoms with Crippen molar-refractivity contribution in [3.8, 4) is 11.3 Å². The Hall–Kier alpha value is -4.35. The average molecular weight is 614 g/mol. The Morgan fingerprint density at radius 3 is 2.34 bits per heavy atom. The predicted molar refractivity (Wildman–Crippen MR) is 149 cm³/mol. The molecule has 1 saturated heterocycles. The van der Waals surface area contributed by atoms with Crippen molar-refractivity contribution in [3.05, 3.63) is 82.8 Å². The minimum atomic E-state index is -4.74. The van der Waals surface area contributed by atoms with Crippen LogP contribution >= 0.6 is 0 Å². The molecule has 0 bridgehead atoms. The summed E-state index contributed by atoms with van der Waals surface area (Å²) in [6.07, 6.45) is -1.98. The van der Waals surface area contributed by atoms with Gasteiger partial charge in [-0.25, -0.2) is 9.78 Å². The zero-order valence-corrected chi connectivity index (χ0v) is 23.0. The molecule has 0 amide bonds. The Labute approximate surface area is 247 Å². The number of alkyl halides is 6. The van der Waals surface area contributed by atoms with Gasteiger partial charge in [0.15, 0.2) is 0 Å². The van der Waals surface area contributed by atoms with Gasteiger partial charge in [0.2, 0.25) is 0 Å². The first kappa shape index (κ1) is 28.4. The van der Waals surface area contributed by atoms with Crippen molar-refractivity contribution in [2.45, 2.75) is 44.0 Å². The lowest BCUT2D eigenvalue weighted by Gasteiger charge is -2.59. The number of rotatable bonds is 6. The number of anilines is 1. The van der Waals surface area contributed by atoms with Crippen LogP contribution in [0.4, 0.5) is 32.0 Å². The number of aromatic nitrogens is 2. The van der Waals surface area contributed by atoms with E-state index in [9.17, 15) is 36.2 Å². The van der Waals surface area contributed by atoms with Gasteiger partial charge in [0.1, 0.15) is 17.1 Å². The predicted octanol–water partition coefficient (Wildman–Crippen LogP) is 8.43. The molecule has 3 heterocycles. The van der Waals surface area contributed by atoms with Crippen molar-refractivity contribution in [3.63, 3.8) is 0 Å². The molecule has 2 aliphatic carbocycles. The minimum absolute atomic E-state index is 0.00190. The van der Waals surface area contributed by atoms with Crippen LogP contribution in [0.3, 0.4) is 0 Å². The van der Waals surface area contributed by atoms with Gasteiger partial charge in [-0.05, 0) is 61.9 Å². The molecule has 2 aromatic heterocycles. The molecule has 7 rings (SSSR count). The first-order chi connectivity index (χ1) is 20.8. The summed E-state index contributed by atoms with van der Waals surface area (Å²) in [5.74, 6) is -0.587. The van der Waals surface area contributed by atoms with E-state index in [1.54, 1.807) is 12.1 Å². The number of allylic oxidation sites excluding steroid dienone is 1. The van der Waals surface area contributed by atoms with Crippen LogP contribution in [0.25, 0.3) is 28.2 Å². The number of hydrogen-bond donors (Lipinski definition) is 1. The Morgan fingerprint density at radius 1 is 0.977 bits per heavy atom. The maximum absolute atomic E-state index is 13.8. The van der Waals surface area contributed by atoms with Crippen molar-refractivity contribution in [2.24, 2.45) is 11.3 Å². The quantitative estimate of drug-likeness (QED) is 0.220. The number of carbonyl (C=O) groups is 1. The molecular formula is C32H25F6N3O3. The highest BCUT2D eigenvalue weighted by molar-refractivity contribution is 5.93. The van der Waals surface area contributed by atoms with Crippen molar-refractivity contribution >= 4 is 28.6 Å². The largest absolute Gasteiger partial charge is 0.477 e. The molecule has 1 spiro atoms. The van der Waals surface area contributed by atoms with Gasteiger partial charge in [-0.1, -0.05) is 35.5 Å². The lowest BCUT2D eigenvalue weighted by Crippen LogP contribution is -2.62. The molecule has 12 heteroatoms. The van der Waals surface area contributed by atoms with Crippen LogP contribution in [-0.2, 0) is 12.4 Å². The van der Waals surface area contributed by atoms with Gasteiger partial charge in [-0.15, -0.1) is 0 Å². The molecule has 1 N–H and O–H groups in total. The summed E-state index contributed by atoms with van der Waals surface area (Å²) < 4.78 is 88.1. The number of halogens is 6. The summed E-state index contributed by atoms with van der Waals surface area (Å²) in [5.41, 5.74) is -1.17. The highest BCUT2D eigenvalue weighted by Gasteiger charge is 2.51.